The van der Waals surface area contributed by atoms with Crippen molar-refractivity contribution in [3.63, 3.8) is 0 Å². The fourth-order valence-corrected chi connectivity index (χ4v) is 3.02. The Morgan fingerprint density at radius 1 is 0.852 bits per heavy atom. The lowest BCUT2D eigenvalue weighted by Crippen LogP contribution is -2.46. The van der Waals surface area contributed by atoms with E-state index in [0.717, 1.165) is 38.5 Å². The molecule has 0 aromatic carbocycles. The zero-order chi connectivity index (χ0) is 21.1. The lowest BCUT2D eigenvalue weighted by molar-refractivity contribution is 0.140. The third-order valence-electron chi connectivity index (χ3n) is 5.96. The number of nitrogens with one attached hydrogen (secondary N) is 2. The molecular formula is C20H44N6O. The highest BCUT2D eigenvalue weighted by Crippen LogP contribution is 2.15. The fraction of sp³-hybridized carbons (Fsp3) is 0.900. The zero-order valence-corrected chi connectivity index (χ0v) is 18.9. The van der Waals surface area contributed by atoms with Crippen LogP contribution in [0.5, 0.6) is 0 Å². The van der Waals surface area contributed by atoms with Gasteiger partial charge in [0.15, 0.2) is 5.96 Å². The first-order valence-electron chi connectivity index (χ1n) is 10.3. The number of guanidine groups is 1. The van der Waals surface area contributed by atoms with Gasteiger partial charge in [0.25, 0.3) is 0 Å². The van der Waals surface area contributed by atoms with E-state index in [2.05, 4.69) is 33.0 Å². The second kappa shape index (κ2) is 12.8. The number of carbonyl (C=O) groups excluding carboxylic acids is 1. The summed E-state index contributed by atoms with van der Waals surface area (Å²) in [6, 6.07) is 1.26. The largest absolute Gasteiger partial charge is 0.370 e. The highest BCUT2D eigenvalue weighted by Gasteiger charge is 2.23. The van der Waals surface area contributed by atoms with Crippen molar-refractivity contribution < 1.29 is 4.79 Å². The van der Waals surface area contributed by atoms with Gasteiger partial charge in [0.1, 0.15) is 0 Å². The van der Waals surface area contributed by atoms with Crippen LogP contribution >= 0.6 is 0 Å². The normalized spacial score (nSPS) is 15.6. The van der Waals surface area contributed by atoms with Crippen molar-refractivity contribution in [2.24, 2.45) is 5.73 Å². The summed E-state index contributed by atoms with van der Waals surface area (Å²) >= 11 is 0. The van der Waals surface area contributed by atoms with Crippen LogP contribution in [0.25, 0.3) is 0 Å². The molecule has 7 nitrogen and oxygen atoms in total. The number of urea groups is 1. The number of nitrogens with two attached hydrogens (primary N) is 1. The van der Waals surface area contributed by atoms with Crippen LogP contribution in [0.3, 0.4) is 0 Å². The first-order valence-corrected chi connectivity index (χ1v) is 10.3. The van der Waals surface area contributed by atoms with E-state index in [1.54, 1.807) is 4.90 Å². The number of amides is 2. The van der Waals surface area contributed by atoms with Crippen LogP contribution in [0.4, 0.5) is 4.79 Å². The Hall–Kier alpha value is -1.50. The van der Waals surface area contributed by atoms with Gasteiger partial charge in [0, 0.05) is 45.3 Å². The number of carbonyl (C=O) groups is 1. The predicted molar refractivity (Wildman–Crippen MR) is 115 cm³/mol. The molecule has 0 rings (SSSR count). The SMILES string of the molecule is CN[C@H](C)CCC[C@@H](C)N(C)C(=O)N(C)[C@H](C)CCC[C@@H](C)N(C)C(=N)N. The number of nitrogens with zero attached hydrogens (tertiary/aromatic N) is 3. The average molecular weight is 385 g/mol. The van der Waals surface area contributed by atoms with Crippen molar-refractivity contribution in [3.05, 3.63) is 0 Å². The average Bonchev–Trinajstić information content (AvgIpc) is 2.64. The molecule has 0 unspecified atom stereocenters. The van der Waals surface area contributed by atoms with E-state index in [9.17, 15) is 4.79 Å². The van der Waals surface area contributed by atoms with Gasteiger partial charge in [-0.2, -0.15) is 0 Å². The van der Waals surface area contributed by atoms with Crippen molar-refractivity contribution in [1.82, 2.24) is 20.0 Å². The smallest absolute Gasteiger partial charge is 0.319 e. The fourth-order valence-electron chi connectivity index (χ4n) is 3.02. The van der Waals surface area contributed by atoms with Gasteiger partial charge >= 0.3 is 6.03 Å². The molecule has 0 saturated carbocycles. The van der Waals surface area contributed by atoms with Gasteiger partial charge in [-0.25, -0.2) is 4.79 Å². The highest BCUT2D eigenvalue weighted by molar-refractivity contribution is 5.74. The molecule has 7 heteroatoms. The molecule has 0 aromatic heterocycles. The standard InChI is InChI=1S/C20H44N6O/c1-15(23-5)11-9-12-17(3)25(7)20(27)26(8)18(4)14-10-13-16(2)24(6)19(21)22/h15-18,23H,9-14H2,1-8H3,(H3,21,22)/t15-,16-,17-,18-/m1/s1. The molecule has 0 aliphatic rings. The summed E-state index contributed by atoms with van der Waals surface area (Å²) in [5, 5.41) is 10.7. The third-order valence-corrected chi connectivity index (χ3v) is 5.96. The molecule has 0 spiro atoms. The minimum atomic E-state index is 0.0885. The van der Waals surface area contributed by atoms with Gasteiger partial charge < -0.3 is 25.8 Å². The predicted octanol–water partition coefficient (Wildman–Crippen LogP) is 2.91. The van der Waals surface area contributed by atoms with Crippen molar-refractivity contribution in [2.75, 3.05) is 28.2 Å². The first kappa shape index (κ1) is 25.5. The zero-order valence-electron chi connectivity index (χ0n) is 18.9. The highest BCUT2D eigenvalue weighted by atomic mass is 16.2. The third kappa shape index (κ3) is 9.31. The van der Waals surface area contributed by atoms with E-state index < -0.39 is 0 Å². The summed E-state index contributed by atoms with van der Waals surface area (Å²) in [6.07, 6.45) is 6.16. The molecule has 0 aliphatic heterocycles. The molecule has 160 valence electrons. The summed E-state index contributed by atoms with van der Waals surface area (Å²) in [5.74, 6) is 0.0996. The Bertz CT molecular complexity index is 444. The molecule has 27 heavy (non-hydrogen) atoms. The number of rotatable bonds is 12. The lowest BCUT2D eigenvalue weighted by Gasteiger charge is -2.33. The lowest BCUT2D eigenvalue weighted by atomic mass is 10.1. The second-order valence-electron chi connectivity index (χ2n) is 8.10. The topological polar surface area (TPSA) is 88.7 Å². The van der Waals surface area contributed by atoms with Crippen molar-refractivity contribution in [3.8, 4) is 0 Å². The van der Waals surface area contributed by atoms with Crippen molar-refractivity contribution in [1.29, 1.82) is 5.41 Å². The Balaban J connectivity index is 4.33. The van der Waals surface area contributed by atoms with Gasteiger partial charge in [-0.1, -0.05) is 0 Å². The van der Waals surface area contributed by atoms with Gasteiger partial charge in [-0.05, 0) is 73.3 Å². The molecule has 0 saturated heterocycles. The second-order valence-corrected chi connectivity index (χ2v) is 8.10. The van der Waals surface area contributed by atoms with Gasteiger partial charge in [-0.3, -0.25) is 5.41 Å². The summed E-state index contributed by atoms with van der Waals surface area (Å²) in [6.45, 7) is 8.49. The minimum Gasteiger partial charge on any atom is -0.370 e. The van der Waals surface area contributed by atoms with E-state index in [1.165, 1.54) is 0 Å². The maximum absolute atomic E-state index is 12.8. The summed E-state index contributed by atoms with van der Waals surface area (Å²) in [4.78, 5) is 18.3. The van der Waals surface area contributed by atoms with Crippen molar-refractivity contribution >= 4 is 12.0 Å². The van der Waals surface area contributed by atoms with E-state index in [1.807, 2.05) is 38.0 Å². The van der Waals surface area contributed by atoms with Crippen LogP contribution in [-0.2, 0) is 0 Å². The number of hydrogen-bond donors (Lipinski definition) is 3. The van der Waals surface area contributed by atoms with E-state index in [4.69, 9.17) is 11.1 Å². The van der Waals surface area contributed by atoms with E-state index in [0.29, 0.717) is 6.04 Å². The van der Waals surface area contributed by atoms with Crippen LogP contribution in [-0.4, -0.2) is 79.0 Å². The van der Waals surface area contributed by atoms with Crippen LogP contribution in [0.1, 0.15) is 66.2 Å². The molecule has 2 amide bonds. The number of hydrogen-bond acceptors (Lipinski definition) is 3. The maximum atomic E-state index is 12.8. The summed E-state index contributed by atoms with van der Waals surface area (Å²) in [7, 11) is 7.63. The van der Waals surface area contributed by atoms with Gasteiger partial charge in [0.2, 0.25) is 0 Å². The van der Waals surface area contributed by atoms with E-state index >= 15 is 0 Å². The molecule has 0 aromatic rings. The monoisotopic (exact) mass is 384 g/mol. The molecular weight excluding hydrogens is 340 g/mol. The molecule has 4 N–H and O–H groups in total. The Kier molecular flexibility index (Phi) is 12.1. The molecule has 0 heterocycles. The quantitative estimate of drug-likeness (QED) is 0.356. The Morgan fingerprint density at radius 2 is 1.22 bits per heavy atom. The van der Waals surface area contributed by atoms with E-state index in [-0.39, 0.29) is 30.1 Å². The summed E-state index contributed by atoms with van der Waals surface area (Å²) in [5.41, 5.74) is 5.52. The molecule has 4 atom stereocenters. The van der Waals surface area contributed by atoms with Crippen molar-refractivity contribution in [2.45, 2.75) is 90.4 Å². The molecule has 0 fully saturated rings. The van der Waals surface area contributed by atoms with Crippen LogP contribution in [0.2, 0.25) is 0 Å². The Labute approximate surface area is 167 Å². The van der Waals surface area contributed by atoms with Gasteiger partial charge in [0.05, 0.1) is 0 Å². The first-order chi connectivity index (χ1) is 12.5. The molecule has 0 radical (unpaired) electrons. The van der Waals surface area contributed by atoms with Crippen LogP contribution in [0.15, 0.2) is 0 Å². The Morgan fingerprint density at radius 3 is 1.59 bits per heavy atom. The van der Waals surface area contributed by atoms with Crippen LogP contribution in [0, 0.1) is 5.41 Å². The van der Waals surface area contributed by atoms with Gasteiger partial charge in [-0.15, -0.1) is 0 Å². The maximum Gasteiger partial charge on any atom is 0.319 e. The van der Waals surface area contributed by atoms with Crippen LogP contribution < -0.4 is 11.1 Å². The summed E-state index contributed by atoms with van der Waals surface area (Å²) < 4.78 is 0. The molecule has 0 bridgehead atoms. The molecule has 0 aliphatic carbocycles. The minimum absolute atomic E-state index is 0.0885.